The van der Waals surface area contributed by atoms with Crippen LogP contribution in [0.5, 0.6) is 0 Å². The van der Waals surface area contributed by atoms with Crippen molar-refractivity contribution in [3.63, 3.8) is 0 Å². The molecule has 5 nitrogen and oxygen atoms in total. The Balaban J connectivity index is 0.000000158. The molecule has 0 aliphatic carbocycles. The number of hydrogen-bond donors (Lipinski definition) is 1. The van der Waals surface area contributed by atoms with E-state index in [4.69, 9.17) is 4.98 Å². The quantitative estimate of drug-likeness (QED) is 0.122. The number of aromatic nitrogens is 5. The van der Waals surface area contributed by atoms with Crippen LogP contribution in [0.2, 0.25) is 0 Å². The number of benzene rings is 6. The fourth-order valence-corrected chi connectivity index (χ4v) is 11.3. The first-order valence-electron chi connectivity index (χ1n) is 21.1. The van der Waals surface area contributed by atoms with E-state index in [1.54, 1.807) is 0 Å². The molecule has 0 bridgehead atoms. The second-order valence-corrected chi connectivity index (χ2v) is 21.3. The van der Waals surface area contributed by atoms with E-state index >= 15 is 0 Å². The summed E-state index contributed by atoms with van der Waals surface area (Å²) in [5, 5.41) is 24.5. The van der Waals surface area contributed by atoms with Crippen molar-refractivity contribution in [1.82, 2.24) is 25.4 Å². The first-order valence-corrected chi connectivity index (χ1v) is 26.1. The van der Waals surface area contributed by atoms with Crippen LogP contribution in [0.4, 0.5) is 0 Å². The second-order valence-electron chi connectivity index (χ2n) is 16.9. The molecule has 0 fully saturated rings. The van der Waals surface area contributed by atoms with Gasteiger partial charge in [0.2, 0.25) is 0 Å². The minimum absolute atomic E-state index is 0.0212. The Morgan fingerprint density at radius 2 is 0.766 bits per heavy atom. The van der Waals surface area contributed by atoms with Gasteiger partial charge < -0.3 is 10.2 Å². The molecule has 0 aliphatic rings. The topological polar surface area (TPSA) is 68.6 Å². The molecule has 0 aliphatic heterocycles. The van der Waals surface area contributed by atoms with Crippen LogP contribution in [0.25, 0.3) is 22.8 Å². The van der Waals surface area contributed by atoms with Crippen LogP contribution in [0.1, 0.15) is 52.9 Å². The molecule has 9 heteroatoms. The summed E-state index contributed by atoms with van der Waals surface area (Å²) in [4.78, 5) is 4.72. The largest absolute Gasteiger partial charge is 0.0622 e. The fraction of sp³-hybridized carbons (Fsp3) is 0.145. The van der Waals surface area contributed by atoms with Crippen molar-refractivity contribution >= 4 is 57.4 Å². The molecule has 0 atom stereocenters. The SMILES string of the molecule is CC(C)(C)c1cc(-c2cccc(-c3cc(C(C)(C)C)[nH]n3)n2)[n-]n1.[Cl][Ru+].c1ccc(P(c2ccccc2)c2ccccc2)cc1.c1ccc(P(c2ccccc2)c2ccccc2)cc1. The van der Waals surface area contributed by atoms with Gasteiger partial charge in [-0.25, -0.2) is 4.98 Å². The zero-order valence-corrected chi connectivity index (χ0v) is 41.4. The van der Waals surface area contributed by atoms with Gasteiger partial charge in [0, 0.05) is 22.2 Å². The van der Waals surface area contributed by atoms with Crippen molar-refractivity contribution in [2.24, 2.45) is 0 Å². The normalized spacial score (nSPS) is 11.1. The predicted molar refractivity (Wildman–Crippen MR) is 272 cm³/mol. The number of nitrogens with one attached hydrogen (secondary N) is 1. The predicted octanol–water partition coefficient (Wildman–Crippen LogP) is 11.7. The molecule has 64 heavy (non-hydrogen) atoms. The first kappa shape index (κ1) is 48.1. The van der Waals surface area contributed by atoms with Gasteiger partial charge in [-0.2, -0.15) is 5.10 Å². The summed E-state index contributed by atoms with van der Waals surface area (Å²) < 4.78 is 0. The number of H-pyrrole nitrogens is 1. The van der Waals surface area contributed by atoms with Gasteiger partial charge in [-0.3, -0.25) is 5.10 Å². The van der Waals surface area contributed by atoms with Gasteiger partial charge in [0.15, 0.2) is 0 Å². The molecule has 6 aromatic carbocycles. The third-order valence-electron chi connectivity index (χ3n) is 10.1. The van der Waals surface area contributed by atoms with E-state index in [9.17, 15) is 0 Å². The number of aromatic amines is 1. The molecule has 0 saturated carbocycles. The third kappa shape index (κ3) is 13.4. The van der Waals surface area contributed by atoms with Crippen molar-refractivity contribution in [1.29, 1.82) is 0 Å². The van der Waals surface area contributed by atoms with E-state index in [0.717, 1.165) is 34.2 Å². The second kappa shape index (κ2) is 23.6. The average molecular weight is 984 g/mol. The molecule has 0 unspecified atom stereocenters. The van der Waals surface area contributed by atoms with Crippen molar-refractivity contribution in [3.8, 4) is 22.8 Å². The smallest absolute Gasteiger partial charge is 0.0134 e. The summed E-state index contributed by atoms with van der Waals surface area (Å²) in [6.07, 6.45) is 0. The molecule has 1 N–H and O–H groups in total. The van der Waals surface area contributed by atoms with Crippen LogP contribution in [0.3, 0.4) is 0 Å². The van der Waals surface area contributed by atoms with Gasteiger partial charge in [-0.15, -0.1) is 0 Å². The zero-order valence-electron chi connectivity index (χ0n) is 37.1. The average Bonchev–Trinajstić information content (AvgIpc) is 4.06. The Hall–Kier alpha value is -5.34. The molecule has 0 spiro atoms. The van der Waals surface area contributed by atoms with Gasteiger partial charge >= 0.3 is 27.0 Å². The number of halogens is 1. The number of rotatable bonds is 8. The molecular formula is C55H54ClN5P2Ru. The van der Waals surface area contributed by atoms with Gasteiger partial charge in [-0.1, -0.05) is 241 Å². The van der Waals surface area contributed by atoms with E-state index in [1.165, 1.54) is 31.8 Å². The van der Waals surface area contributed by atoms with Gasteiger partial charge in [0.25, 0.3) is 0 Å². The summed E-state index contributed by atoms with van der Waals surface area (Å²) in [5.74, 6) is 0. The standard InChI is InChI=1S/C19H24N5.2C18H15P.ClH.Ru/c1-18(2,3)16-10-14(21-23-16)12-8-7-9-13(20-12)15-11-17(24-22-15)19(4,5)6;2*1-4-10-16(11-5-1)19(17-12-6-2-7-13-17)18-14-8-3-9-15-18;;/h7-11H,1-6H3,(H-,21,22,23,24);2*1-15H;1H;/q-1;;;;+2/p-1. The summed E-state index contributed by atoms with van der Waals surface area (Å²) in [5.41, 5.74) is 5.36. The maximum Gasteiger partial charge on any atom is -0.0134 e. The van der Waals surface area contributed by atoms with Crippen molar-refractivity contribution in [2.75, 3.05) is 0 Å². The number of pyridine rings is 1. The van der Waals surface area contributed by atoms with Crippen LogP contribution in [0.15, 0.2) is 212 Å². The number of nitrogens with zero attached hydrogens (tertiary/aromatic N) is 4. The van der Waals surface area contributed by atoms with Crippen LogP contribution >= 0.6 is 25.5 Å². The molecule has 3 heterocycles. The minimum Gasteiger partial charge on any atom is -0.0622 e. The summed E-state index contributed by atoms with van der Waals surface area (Å²) in [7, 11) is 3.68. The maximum absolute atomic E-state index is 4.72. The van der Waals surface area contributed by atoms with Crippen LogP contribution in [-0.2, 0) is 28.1 Å². The molecule has 9 rings (SSSR count). The van der Waals surface area contributed by atoms with Crippen LogP contribution in [0, 0.1) is 0 Å². The fourth-order valence-electron chi connectivity index (χ4n) is 6.70. The zero-order chi connectivity index (χ0) is 45.4. The maximum atomic E-state index is 4.72. The van der Waals surface area contributed by atoms with E-state index in [1.807, 2.05) is 41.6 Å². The van der Waals surface area contributed by atoms with Gasteiger partial charge in [0.05, 0.1) is 11.4 Å². The van der Waals surface area contributed by atoms with E-state index in [0.29, 0.717) is 0 Å². The first-order chi connectivity index (χ1) is 31.0. The number of hydrogen-bond acceptors (Lipinski definition) is 3. The molecule has 3 aromatic heterocycles. The Labute approximate surface area is 396 Å². The molecular weight excluding hydrogens is 929 g/mol. The monoisotopic (exact) mass is 983 g/mol. The Morgan fingerprint density at radius 3 is 1.06 bits per heavy atom. The summed E-state index contributed by atoms with van der Waals surface area (Å²) in [6, 6.07) is 74.6. The van der Waals surface area contributed by atoms with E-state index < -0.39 is 15.8 Å². The Kier molecular flexibility index (Phi) is 17.7. The van der Waals surface area contributed by atoms with E-state index in [2.05, 4.69) is 260 Å². The van der Waals surface area contributed by atoms with Crippen molar-refractivity contribution in [3.05, 3.63) is 224 Å². The third-order valence-corrected chi connectivity index (χ3v) is 14.9. The minimum atomic E-state index is -0.446. The Bertz CT molecular complexity index is 2330. The van der Waals surface area contributed by atoms with Gasteiger partial charge in [0.1, 0.15) is 5.69 Å². The molecule has 0 amide bonds. The molecule has 0 radical (unpaired) electrons. The summed E-state index contributed by atoms with van der Waals surface area (Å²) >= 11 is 1.82. The summed E-state index contributed by atoms with van der Waals surface area (Å²) in [6.45, 7) is 12.8. The van der Waals surface area contributed by atoms with Crippen LogP contribution in [-0.4, -0.2) is 20.3 Å². The van der Waals surface area contributed by atoms with Crippen molar-refractivity contribution in [2.45, 2.75) is 52.4 Å². The van der Waals surface area contributed by atoms with Gasteiger partial charge in [-0.05, 0) is 65.9 Å². The van der Waals surface area contributed by atoms with E-state index in [-0.39, 0.29) is 10.8 Å². The van der Waals surface area contributed by atoms with Crippen LogP contribution < -0.4 is 36.9 Å². The molecule has 324 valence electrons. The molecule has 0 saturated heterocycles. The van der Waals surface area contributed by atoms with Crippen molar-refractivity contribution < 1.29 is 17.3 Å². The molecule has 9 aromatic rings. The Morgan fingerprint density at radius 1 is 0.422 bits per heavy atom.